The number of ether oxygens (including phenoxy) is 1. The average molecular weight is 335 g/mol. The number of carbonyl (C=O) groups excluding carboxylic acids is 1. The molecule has 3 aliphatic rings. The van der Waals surface area contributed by atoms with E-state index in [1.54, 1.807) is 15.8 Å². The molecule has 0 radical (unpaired) electrons. The molecule has 0 bridgehead atoms. The fourth-order valence-corrected chi connectivity index (χ4v) is 3.66. The maximum absolute atomic E-state index is 12.4. The first-order valence-electron chi connectivity index (χ1n) is 8.88. The molecule has 1 aliphatic carbocycles. The Balaban J connectivity index is 1.28. The summed E-state index contributed by atoms with van der Waals surface area (Å²) in [6.07, 6.45) is 6.40. The van der Waals surface area contributed by atoms with E-state index in [2.05, 4.69) is 15.6 Å². The topological polar surface area (TPSA) is 92.5 Å². The van der Waals surface area contributed by atoms with Gasteiger partial charge >= 0.3 is 6.03 Å². The summed E-state index contributed by atoms with van der Waals surface area (Å²) >= 11 is 0. The Morgan fingerprint density at radius 3 is 2.83 bits per heavy atom. The Bertz CT molecular complexity index is 586. The van der Waals surface area contributed by atoms with Gasteiger partial charge in [0.05, 0.1) is 18.4 Å². The second-order valence-electron chi connectivity index (χ2n) is 7.35. The molecule has 8 nitrogen and oxygen atoms in total. The van der Waals surface area contributed by atoms with Crippen molar-refractivity contribution < 1.29 is 14.6 Å². The molecule has 1 aromatic rings. The van der Waals surface area contributed by atoms with E-state index in [0.29, 0.717) is 38.4 Å². The van der Waals surface area contributed by atoms with Crippen LogP contribution in [0, 0.1) is 11.8 Å². The molecular formula is C16H25N5O3. The van der Waals surface area contributed by atoms with Crippen LogP contribution in [0.25, 0.3) is 0 Å². The minimum absolute atomic E-state index is 0.168. The van der Waals surface area contributed by atoms with E-state index in [1.165, 1.54) is 12.8 Å². The van der Waals surface area contributed by atoms with Gasteiger partial charge in [0, 0.05) is 32.2 Å². The summed E-state index contributed by atoms with van der Waals surface area (Å²) in [4.78, 5) is 14.1. The fourth-order valence-electron chi connectivity index (χ4n) is 3.66. The van der Waals surface area contributed by atoms with E-state index in [9.17, 15) is 9.90 Å². The van der Waals surface area contributed by atoms with Crippen LogP contribution in [0.5, 0.6) is 0 Å². The van der Waals surface area contributed by atoms with Crippen LogP contribution in [0.15, 0.2) is 6.20 Å². The van der Waals surface area contributed by atoms with Crippen molar-refractivity contribution >= 4 is 11.8 Å². The summed E-state index contributed by atoms with van der Waals surface area (Å²) in [5.74, 6) is 1.41. The smallest absolute Gasteiger partial charge is 0.323 e. The van der Waals surface area contributed by atoms with Gasteiger partial charge in [-0.25, -0.2) is 4.79 Å². The molecule has 24 heavy (non-hydrogen) atoms. The zero-order valence-electron chi connectivity index (χ0n) is 13.9. The number of hydrogen-bond acceptors (Lipinski definition) is 5. The van der Waals surface area contributed by atoms with Crippen LogP contribution in [0.2, 0.25) is 0 Å². The molecule has 1 saturated carbocycles. The van der Waals surface area contributed by atoms with E-state index < -0.39 is 5.60 Å². The van der Waals surface area contributed by atoms with Gasteiger partial charge in [0.15, 0.2) is 5.82 Å². The van der Waals surface area contributed by atoms with E-state index in [1.807, 2.05) is 0 Å². The summed E-state index contributed by atoms with van der Waals surface area (Å²) < 4.78 is 7.19. The van der Waals surface area contributed by atoms with Crippen molar-refractivity contribution in [2.45, 2.75) is 44.2 Å². The monoisotopic (exact) mass is 335 g/mol. The number of likely N-dealkylation sites (tertiary alicyclic amines) is 1. The molecule has 1 atom stereocenters. The SMILES string of the molecule is O=C(Nc1cn(CC2CC2)nn1)N1CCC(O)(C2CCOC2)CC1. The van der Waals surface area contributed by atoms with Gasteiger partial charge in [-0.15, -0.1) is 5.10 Å². The Morgan fingerprint density at radius 2 is 2.17 bits per heavy atom. The quantitative estimate of drug-likeness (QED) is 0.859. The molecule has 1 unspecified atom stereocenters. The average Bonchev–Trinajstić information content (AvgIpc) is 3.03. The lowest BCUT2D eigenvalue weighted by molar-refractivity contribution is -0.0606. The highest BCUT2D eigenvalue weighted by Crippen LogP contribution is 2.35. The van der Waals surface area contributed by atoms with Gasteiger partial charge in [-0.2, -0.15) is 0 Å². The highest BCUT2D eigenvalue weighted by atomic mass is 16.5. The number of amides is 2. The molecule has 3 fully saturated rings. The predicted molar refractivity (Wildman–Crippen MR) is 86.4 cm³/mol. The largest absolute Gasteiger partial charge is 0.389 e. The minimum Gasteiger partial charge on any atom is -0.389 e. The first kappa shape index (κ1) is 15.8. The van der Waals surface area contributed by atoms with Crippen LogP contribution in [0.3, 0.4) is 0 Å². The highest BCUT2D eigenvalue weighted by molar-refractivity contribution is 5.88. The van der Waals surface area contributed by atoms with Gasteiger partial charge in [0.2, 0.25) is 0 Å². The van der Waals surface area contributed by atoms with Crippen molar-refractivity contribution in [2.24, 2.45) is 11.8 Å². The number of carbonyl (C=O) groups is 1. The molecule has 0 spiro atoms. The fraction of sp³-hybridized carbons (Fsp3) is 0.812. The molecule has 1 aromatic heterocycles. The normalized spacial score (nSPS) is 26.5. The summed E-state index contributed by atoms with van der Waals surface area (Å²) in [6, 6.07) is -0.168. The second-order valence-corrected chi connectivity index (χ2v) is 7.35. The Labute approximate surface area is 141 Å². The third kappa shape index (κ3) is 3.39. The molecule has 8 heteroatoms. The zero-order valence-corrected chi connectivity index (χ0v) is 13.9. The van der Waals surface area contributed by atoms with E-state index in [-0.39, 0.29) is 11.9 Å². The number of aromatic nitrogens is 3. The van der Waals surface area contributed by atoms with Crippen molar-refractivity contribution in [3.05, 3.63) is 6.20 Å². The number of nitrogens with zero attached hydrogens (tertiary/aromatic N) is 4. The van der Waals surface area contributed by atoms with Gasteiger partial charge in [-0.05, 0) is 38.0 Å². The van der Waals surface area contributed by atoms with Crippen molar-refractivity contribution in [2.75, 3.05) is 31.6 Å². The van der Waals surface area contributed by atoms with Crippen molar-refractivity contribution in [1.82, 2.24) is 19.9 Å². The molecule has 2 saturated heterocycles. The Kier molecular flexibility index (Phi) is 4.17. The number of aliphatic hydroxyl groups is 1. The molecule has 132 valence electrons. The van der Waals surface area contributed by atoms with Crippen LogP contribution >= 0.6 is 0 Å². The van der Waals surface area contributed by atoms with Gasteiger partial charge in [-0.1, -0.05) is 5.21 Å². The van der Waals surface area contributed by atoms with Crippen LogP contribution in [-0.4, -0.2) is 62.9 Å². The third-order valence-corrected chi connectivity index (χ3v) is 5.52. The number of urea groups is 1. The molecule has 0 aromatic carbocycles. The number of anilines is 1. The Morgan fingerprint density at radius 1 is 1.38 bits per heavy atom. The van der Waals surface area contributed by atoms with E-state index >= 15 is 0 Å². The third-order valence-electron chi connectivity index (χ3n) is 5.52. The lowest BCUT2D eigenvalue weighted by Gasteiger charge is -2.41. The van der Waals surface area contributed by atoms with Gasteiger partial charge in [-0.3, -0.25) is 10.00 Å². The lowest BCUT2D eigenvalue weighted by atomic mass is 9.79. The molecule has 2 amide bonds. The van der Waals surface area contributed by atoms with Gasteiger partial charge in [0.1, 0.15) is 0 Å². The molecule has 3 heterocycles. The minimum atomic E-state index is -0.694. The lowest BCUT2D eigenvalue weighted by Crippen LogP contribution is -2.51. The van der Waals surface area contributed by atoms with Crippen LogP contribution in [0.1, 0.15) is 32.1 Å². The van der Waals surface area contributed by atoms with Crippen LogP contribution in [-0.2, 0) is 11.3 Å². The number of piperidine rings is 1. The number of rotatable bonds is 4. The summed E-state index contributed by atoms with van der Waals surface area (Å²) in [7, 11) is 0. The highest BCUT2D eigenvalue weighted by Gasteiger charge is 2.42. The molecule has 2 aliphatic heterocycles. The van der Waals surface area contributed by atoms with E-state index in [4.69, 9.17) is 4.74 Å². The summed E-state index contributed by atoms with van der Waals surface area (Å²) in [5, 5.41) is 21.7. The first-order chi connectivity index (χ1) is 11.6. The summed E-state index contributed by atoms with van der Waals surface area (Å²) in [6.45, 7) is 3.34. The molecular weight excluding hydrogens is 310 g/mol. The Hall–Kier alpha value is -1.67. The molecule has 2 N–H and O–H groups in total. The van der Waals surface area contributed by atoms with Crippen molar-refractivity contribution in [3.63, 3.8) is 0 Å². The maximum Gasteiger partial charge on any atom is 0.323 e. The van der Waals surface area contributed by atoms with Crippen LogP contribution < -0.4 is 5.32 Å². The maximum atomic E-state index is 12.4. The van der Waals surface area contributed by atoms with E-state index in [0.717, 1.165) is 25.5 Å². The zero-order chi connectivity index (χ0) is 16.6. The number of nitrogens with one attached hydrogen (secondary N) is 1. The standard InChI is InChI=1S/C16H25N5O3/c22-15(17-14-10-21(19-18-14)9-12-1-2-12)20-6-4-16(23,5-7-20)13-3-8-24-11-13/h10,12-13,23H,1-9,11H2,(H,17,22). The first-order valence-corrected chi connectivity index (χ1v) is 8.88. The van der Waals surface area contributed by atoms with Crippen molar-refractivity contribution in [3.8, 4) is 0 Å². The second kappa shape index (κ2) is 6.33. The molecule has 4 rings (SSSR count). The number of hydrogen-bond donors (Lipinski definition) is 2. The van der Waals surface area contributed by atoms with Crippen LogP contribution in [0.4, 0.5) is 10.6 Å². The predicted octanol–water partition coefficient (Wildman–Crippen LogP) is 1.08. The van der Waals surface area contributed by atoms with Gasteiger partial charge in [0.25, 0.3) is 0 Å². The summed E-state index contributed by atoms with van der Waals surface area (Å²) in [5.41, 5.74) is -0.694. The van der Waals surface area contributed by atoms with Gasteiger partial charge < -0.3 is 14.7 Å². The van der Waals surface area contributed by atoms with Crippen molar-refractivity contribution in [1.29, 1.82) is 0 Å².